The van der Waals surface area contributed by atoms with Crippen molar-refractivity contribution in [3.63, 3.8) is 0 Å². The number of benzene rings is 3. The zero-order valence-electron chi connectivity index (χ0n) is 21.5. The molecule has 0 spiro atoms. The van der Waals surface area contributed by atoms with E-state index in [1.807, 2.05) is 0 Å². The van der Waals surface area contributed by atoms with Gasteiger partial charge in [0.15, 0.2) is 0 Å². The van der Waals surface area contributed by atoms with E-state index in [9.17, 15) is 22.8 Å². The van der Waals surface area contributed by atoms with E-state index in [1.165, 1.54) is 23.9 Å². The number of alkyl halides is 3. The van der Waals surface area contributed by atoms with Crippen molar-refractivity contribution in [2.75, 3.05) is 12.4 Å². The van der Waals surface area contributed by atoms with E-state index in [0.717, 1.165) is 17.7 Å². The molecule has 3 aromatic carbocycles. The van der Waals surface area contributed by atoms with Crippen LogP contribution in [0.4, 0.5) is 23.7 Å². The van der Waals surface area contributed by atoms with Crippen LogP contribution in [0.3, 0.4) is 0 Å². The topological polar surface area (TPSA) is 95.3 Å². The van der Waals surface area contributed by atoms with Gasteiger partial charge in [-0.05, 0) is 74.4 Å². The molecular weight excluding hydrogens is 513 g/mol. The predicted molar refractivity (Wildman–Crippen MR) is 138 cm³/mol. The van der Waals surface area contributed by atoms with Crippen LogP contribution >= 0.6 is 0 Å². The Morgan fingerprint density at radius 3 is 2.10 bits per heavy atom. The Hall–Kier alpha value is -4.67. The Balaban J connectivity index is 1.63. The van der Waals surface area contributed by atoms with Crippen LogP contribution in [0.5, 0.6) is 0 Å². The number of hydrogen-bond donors (Lipinski definition) is 1. The van der Waals surface area contributed by atoms with E-state index in [1.54, 1.807) is 69.4 Å². The molecule has 0 saturated carbocycles. The second kappa shape index (κ2) is 10.6. The van der Waals surface area contributed by atoms with E-state index in [2.05, 4.69) is 15.6 Å². The fraction of sp³-hybridized carbons (Fsp3) is 0.214. The minimum absolute atomic E-state index is 0.257. The van der Waals surface area contributed by atoms with Crippen molar-refractivity contribution in [3.05, 3.63) is 84.1 Å². The Morgan fingerprint density at radius 1 is 0.872 bits per heavy atom. The van der Waals surface area contributed by atoms with Crippen molar-refractivity contribution in [1.29, 1.82) is 0 Å². The molecule has 0 aliphatic rings. The maximum atomic E-state index is 12.9. The average Bonchev–Trinajstić information content (AvgIpc) is 3.37. The minimum atomic E-state index is -4.44. The molecule has 0 fully saturated rings. The Kier molecular flexibility index (Phi) is 7.44. The van der Waals surface area contributed by atoms with Crippen LogP contribution in [0.15, 0.2) is 72.9 Å². The van der Waals surface area contributed by atoms with Crippen LogP contribution in [0.25, 0.3) is 28.1 Å². The summed E-state index contributed by atoms with van der Waals surface area (Å²) in [5.74, 6) is -0.565. The lowest BCUT2D eigenvalue weighted by Crippen LogP contribution is -2.27. The number of nitrogens with one attached hydrogen (secondary N) is 1. The maximum absolute atomic E-state index is 12.9. The van der Waals surface area contributed by atoms with E-state index in [4.69, 9.17) is 9.47 Å². The summed E-state index contributed by atoms with van der Waals surface area (Å²) >= 11 is 0. The Morgan fingerprint density at radius 2 is 1.51 bits per heavy atom. The van der Waals surface area contributed by atoms with Gasteiger partial charge in [0.25, 0.3) is 0 Å². The first-order chi connectivity index (χ1) is 18.3. The summed E-state index contributed by atoms with van der Waals surface area (Å²) in [6.45, 7) is 5.30. The molecule has 202 valence electrons. The van der Waals surface area contributed by atoms with Gasteiger partial charge in [-0.2, -0.15) is 13.2 Å². The first kappa shape index (κ1) is 27.4. The van der Waals surface area contributed by atoms with Crippen LogP contribution in [0, 0.1) is 0 Å². The zero-order valence-corrected chi connectivity index (χ0v) is 21.5. The van der Waals surface area contributed by atoms with E-state index < -0.39 is 29.4 Å². The highest BCUT2D eigenvalue weighted by Gasteiger charge is 2.30. The fourth-order valence-electron chi connectivity index (χ4n) is 3.67. The third-order valence-corrected chi connectivity index (χ3v) is 5.47. The van der Waals surface area contributed by atoms with Gasteiger partial charge >= 0.3 is 18.2 Å². The zero-order chi connectivity index (χ0) is 28.4. The lowest BCUT2D eigenvalue weighted by molar-refractivity contribution is -0.137. The van der Waals surface area contributed by atoms with Crippen LogP contribution in [0.1, 0.15) is 36.7 Å². The number of halogens is 3. The third kappa shape index (κ3) is 6.81. The summed E-state index contributed by atoms with van der Waals surface area (Å²) in [5, 5.41) is 10.8. The number of methoxy groups -OCH3 is 1. The highest BCUT2D eigenvalue weighted by atomic mass is 19.4. The number of aromatic nitrogens is 3. The van der Waals surface area contributed by atoms with Crippen molar-refractivity contribution < 1.29 is 32.2 Å². The van der Waals surface area contributed by atoms with Gasteiger partial charge < -0.3 is 9.47 Å². The molecule has 4 aromatic rings. The molecule has 0 aliphatic heterocycles. The van der Waals surface area contributed by atoms with Crippen LogP contribution in [-0.4, -0.2) is 39.8 Å². The lowest BCUT2D eigenvalue weighted by atomic mass is 10.0. The molecule has 1 heterocycles. The van der Waals surface area contributed by atoms with Crippen molar-refractivity contribution >= 4 is 17.7 Å². The van der Waals surface area contributed by atoms with E-state index in [-0.39, 0.29) is 5.56 Å². The lowest BCUT2D eigenvalue weighted by Gasteiger charge is -2.19. The van der Waals surface area contributed by atoms with Gasteiger partial charge in [-0.1, -0.05) is 29.5 Å². The van der Waals surface area contributed by atoms with Crippen LogP contribution < -0.4 is 5.32 Å². The summed E-state index contributed by atoms with van der Waals surface area (Å²) in [6.07, 6.45) is -3.47. The number of rotatable bonds is 5. The second-order valence-electron chi connectivity index (χ2n) is 9.59. The number of amides is 1. The second-order valence-corrected chi connectivity index (χ2v) is 9.59. The highest BCUT2D eigenvalue weighted by Crippen LogP contribution is 2.31. The largest absolute Gasteiger partial charge is 0.465 e. The monoisotopic (exact) mass is 538 g/mol. The molecule has 0 atom stereocenters. The number of ether oxygens (including phenoxy) is 2. The average molecular weight is 539 g/mol. The molecule has 8 nitrogen and oxygen atoms in total. The molecule has 1 amide bonds. The number of carbonyl (C=O) groups excluding carboxylic acids is 2. The number of nitrogens with zero attached hydrogens (tertiary/aromatic N) is 3. The molecule has 39 heavy (non-hydrogen) atoms. The summed E-state index contributed by atoms with van der Waals surface area (Å²) in [4.78, 5) is 24.4. The molecule has 0 aliphatic carbocycles. The SMILES string of the molecule is COC(=O)c1cc(-c2ccc(NC(=O)OC(C)(C)C)cc2)cc(-n2cc(-c3ccc(C(F)(F)F)cc3)nn2)c1. The Bertz CT molecular complexity index is 1490. The number of esters is 1. The van der Waals surface area contributed by atoms with Gasteiger partial charge in [0.2, 0.25) is 0 Å². The van der Waals surface area contributed by atoms with Crippen molar-refractivity contribution in [2.45, 2.75) is 32.5 Å². The van der Waals surface area contributed by atoms with Gasteiger partial charge in [-0.15, -0.1) is 5.10 Å². The first-order valence-electron chi connectivity index (χ1n) is 11.8. The molecule has 0 bridgehead atoms. The van der Waals surface area contributed by atoms with E-state index >= 15 is 0 Å². The molecular formula is C28H25F3N4O4. The number of carbonyl (C=O) groups is 2. The van der Waals surface area contributed by atoms with Gasteiger partial charge in [0.05, 0.1) is 30.1 Å². The highest BCUT2D eigenvalue weighted by molar-refractivity contribution is 5.92. The molecule has 1 aromatic heterocycles. The summed E-state index contributed by atoms with van der Waals surface area (Å²) in [6, 6.07) is 16.5. The van der Waals surface area contributed by atoms with Gasteiger partial charge in [0.1, 0.15) is 11.3 Å². The van der Waals surface area contributed by atoms with Crippen LogP contribution in [0.2, 0.25) is 0 Å². The number of hydrogen-bond acceptors (Lipinski definition) is 6. The summed E-state index contributed by atoms with van der Waals surface area (Å²) < 4.78 is 50.3. The molecule has 0 saturated heterocycles. The molecule has 4 rings (SSSR count). The fourth-order valence-corrected chi connectivity index (χ4v) is 3.67. The summed E-state index contributed by atoms with van der Waals surface area (Å²) in [7, 11) is 1.27. The Labute approximate surface area is 222 Å². The van der Waals surface area contributed by atoms with Gasteiger partial charge in [-0.25, -0.2) is 14.3 Å². The standard InChI is InChI=1S/C28H25F3N4O4/c1-27(2,3)39-26(37)32-22-11-7-17(8-12-22)19-13-20(25(36)38-4)15-23(14-19)35-16-24(33-34-35)18-5-9-21(10-6-18)28(29,30)31/h5-16H,1-4H3,(H,32,37). The first-order valence-corrected chi connectivity index (χ1v) is 11.8. The molecule has 1 N–H and O–H groups in total. The molecule has 0 unspecified atom stereocenters. The maximum Gasteiger partial charge on any atom is 0.416 e. The molecule has 11 heteroatoms. The van der Waals surface area contributed by atoms with E-state index in [0.29, 0.717) is 28.2 Å². The molecule has 0 radical (unpaired) electrons. The number of anilines is 1. The quantitative estimate of drug-likeness (QED) is 0.282. The van der Waals surface area contributed by atoms with Crippen molar-refractivity contribution in [1.82, 2.24) is 15.0 Å². The summed E-state index contributed by atoms with van der Waals surface area (Å²) in [5.41, 5.74) is 2.06. The predicted octanol–water partition coefficient (Wildman–Crippen LogP) is 6.75. The third-order valence-electron chi connectivity index (χ3n) is 5.47. The van der Waals surface area contributed by atoms with Crippen molar-refractivity contribution in [3.8, 4) is 28.1 Å². The smallest absolute Gasteiger partial charge is 0.416 e. The van der Waals surface area contributed by atoms with Crippen molar-refractivity contribution in [2.24, 2.45) is 0 Å². The van der Waals surface area contributed by atoms with Gasteiger partial charge in [0, 0.05) is 11.3 Å². The normalized spacial score (nSPS) is 11.7. The van der Waals surface area contributed by atoms with Gasteiger partial charge in [-0.3, -0.25) is 5.32 Å². The van der Waals surface area contributed by atoms with Crippen LogP contribution in [-0.2, 0) is 15.7 Å². The minimum Gasteiger partial charge on any atom is -0.465 e.